The number of hydrogen-bond donors (Lipinski definition) is 1. The van der Waals surface area contributed by atoms with E-state index in [0.29, 0.717) is 0 Å². The average Bonchev–Trinajstić information content (AvgIpc) is 2.62. The van der Waals surface area contributed by atoms with Crippen molar-refractivity contribution in [1.29, 1.82) is 0 Å². The highest BCUT2D eigenvalue weighted by Gasteiger charge is 2.05. The maximum Gasteiger partial charge on any atom is 0.0314 e. The largest absolute Gasteiger partial charge is 0.399 e. The van der Waals surface area contributed by atoms with Gasteiger partial charge in [-0.05, 0) is 17.7 Å². The SMILES string of the molecule is Nc1ccc(CN2CC=CC2)cc1. The Balaban J connectivity index is 1.97. The first-order valence-corrected chi connectivity index (χ1v) is 4.56. The summed E-state index contributed by atoms with van der Waals surface area (Å²) in [7, 11) is 0. The molecule has 68 valence electrons. The summed E-state index contributed by atoms with van der Waals surface area (Å²) < 4.78 is 0. The average molecular weight is 174 g/mol. The number of nitrogens with two attached hydrogens (primary N) is 1. The normalized spacial score (nSPS) is 16.6. The third kappa shape index (κ3) is 2.10. The van der Waals surface area contributed by atoms with Crippen LogP contribution in [0.25, 0.3) is 0 Å². The van der Waals surface area contributed by atoms with E-state index >= 15 is 0 Å². The first kappa shape index (κ1) is 8.32. The van der Waals surface area contributed by atoms with Crippen LogP contribution in [0.4, 0.5) is 5.69 Å². The molecular formula is C11H14N2. The molecule has 1 aromatic carbocycles. The van der Waals surface area contributed by atoms with Crippen LogP contribution in [-0.2, 0) is 6.54 Å². The van der Waals surface area contributed by atoms with Gasteiger partial charge in [0, 0.05) is 25.3 Å². The van der Waals surface area contributed by atoms with E-state index in [1.165, 1.54) is 5.56 Å². The van der Waals surface area contributed by atoms with Crippen LogP contribution in [0.15, 0.2) is 36.4 Å². The lowest BCUT2D eigenvalue weighted by Gasteiger charge is -2.14. The lowest BCUT2D eigenvalue weighted by molar-refractivity contribution is 0.345. The molecule has 0 unspecified atom stereocenters. The standard InChI is InChI=1S/C11H14N2/c12-11-5-3-10(4-6-11)9-13-7-1-2-8-13/h1-6H,7-9,12H2. The summed E-state index contributed by atoms with van der Waals surface area (Å²) in [6.45, 7) is 3.17. The summed E-state index contributed by atoms with van der Waals surface area (Å²) in [5.74, 6) is 0. The van der Waals surface area contributed by atoms with Crippen LogP contribution in [0.5, 0.6) is 0 Å². The summed E-state index contributed by atoms with van der Waals surface area (Å²) in [5, 5.41) is 0. The molecule has 1 aromatic rings. The Morgan fingerprint density at radius 1 is 1.08 bits per heavy atom. The minimum absolute atomic E-state index is 0.836. The molecule has 0 saturated carbocycles. The second-order valence-corrected chi connectivity index (χ2v) is 3.41. The smallest absolute Gasteiger partial charge is 0.0314 e. The van der Waals surface area contributed by atoms with E-state index in [1.54, 1.807) is 0 Å². The van der Waals surface area contributed by atoms with Crippen molar-refractivity contribution >= 4 is 5.69 Å². The van der Waals surface area contributed by atoms with E-state index in [2.05, 4.69) is 29.2 Å². The van der Waals surface area contributed by atoms with Crippen molar-refractivity contribution in [3.8, 4) is 0 Å². The Morgan fingerprint density at radius 3 is 2.31 bits per heavy atom. The maximum absolute atomic E-state index is 5.61. The molecule has 0 fully saturated rings. The summed E-state index contributed by atoms with van der Waals surface area (Å²) in [5.41, 5.74) is 7.78. The summed E-state index contributed by atoms with van der Waals surface area (Å²) in [6, 6.07) is 8.10. The van der Waals surface area contributed by atoms with E-state index in [1.807, 2.05) is 12.1 Å². The van der Waals surface area contributed by atoms with Crippen LogP contribution >= 0.6 is 0 Å². The number of nitrogen functional groups attached to an aromatic ring is 1. The van der Waals surface area contributed by atoms with Crippen molar-refractivity contribution in [2.24, 2.45) is 0 Å². The highest BCUT2D eigenvalue weighted by molar-refractivity contribution is 5.39. The Kier molecular flexibility index (Phi) is 2.32. The van der Waals surface area contributed by atoms with Gasteiger partial charge in [-0.15, -0.1) is 0 Å². The lowest BCUT2D eigenvalue weighted by atomic mass is 10.2. The van der Waals surface area contributed by atoms with Crippen molar-refractivity contribution in [1.82, 2.24) is 4.90 Å². The highest BCUT2D eigenvalue weighted by Crippen LogP contribution is 2.10. The van der Waals surface area contributed by atoms with Gasteiger partial charge in [-0.2, -0.15) is 0 Å². The van der Waals surface area contributed by atoms with Gasteiger partial charge in [-0.1, -0.05) is 24.3 Å². The molecule has 1 aliphatic heterocycles. The zero-order valence-electron chi connectivity index (χ0n) is 7.61. The molecule has 0 radical (unpaired) electrons. The molecule has 2 N–H and O–H groups in total. The zero-order chi connectivity index (χ0) is 9.10. The van der Waals surface area contributed by atoms with Gasteiger partial charge in [0.15, 0.2) is 0 Å². The number of anilines is 1. The Morgan fingerprint density at radius 2 is 1.69 bits per heavy atom. The third-order valence-corrected chi connectivity index (χ3v) is 2.28. The molecule has 0 bridgehead atoms. The van der Waals surface area contributed by atoms with E-state index in [4.69, 9.17) is 5.73 Å². The van der Waals surface area contributed by atoms with E-state index in [0.717, 1.165) is 25.3 Å². The Labute approximate surface area is 78.7 Å². The predicted octanol–water partition coefficient (Wildman–Crippen LogP) is 1.64. The topological polar surface area (TPSA) is 29.3 Å². The Hall–Kier alpha value is -1.28. The monoisotopic (exact) mass is 174 g/mol. The molecule has 2 heteroatoms. The van der Waals surface area contributed by atoms with Crippen molar-refractivity contribution < 1.29 is 0 Å². The van der Waals surface area contributed by atoms with Crippen LogP contribution in [-0.4, -0.2) is 18.0 Å². The number of nitrogens with zero attached hydrogens (tertiary/aromatic N) is 1. The first-order valence-electron chi connectivity index (χ1n) is 4.56. The summed E-state index contributed by atoms with van der Waals surface area (Å²) >= 11 is 0. The van der Waals surface area contributed by atoms with Crippen molar-refractivity contribution in [2.75, 3.05) is 18.8 Å². The van der Waals surface area contributed by atoms with Gasteiger partial charge in [0.05, 0.1) is 0 Å². The molecule has 2 rings (SSSR count). The van der Waals surface area contributed by atoms with Gasteiger partial charge >= 0.3 is 0 Å². The van der Waals surface area contributed by atoms with E-state index < -0.39 is 0 Å². The molecule has 0 spiro atoms. The molecule has 0 aliphatic carbocycles. The molecule has 0 amide bonds. The van der Waals surface area contributed by atoms with Gasteiger partial charge in [0.2, 0.25) is 0 Å². The molecular weight excluding hydrogens is 160 g/mol. The predicted molar refractivity (Wildman–Crippen MR) is 55.3 cm³/mol. The molecule has 0 aromatic heterocycles. The number of rotatable bonds is 2. The summed E-state index contributed by atoms with van der Waals surface area (Å²) in [6.07, 6.45) is 4.41. The number of hydrogen-bond acceptors (Lipinski definition) is 2. The van der Waals surface area contributed by atoms with E-state index in [-0.39, 0.29) is 0 Å². The minimum Gasteiger partial charge on any atom is -0.399 e. The maximum atomic E-state index is 5.61. The zero-order valence-corrected chi connectivity index (χ0v) is 7.61. The van der Waals surface area contributed by atoms with Crippen LogP contribution in [0.1, 0.15) is 5.56 Å². The molecule has 1 aliphatic rings. The fourth-order valence-corrected chi connectivity index (χ4v) is 1.53. The fourth-order valence-electron chi connectivity index (χ4n) is 1.53. The highest BCUT2D eigenvalue weighted by atomic mass is 15.1. The van der Waals surface area contributed by atoms with Gasteiger partial charge in [-0.25, -0.2) is 0 Å². The molecule has 1 heterocycles. The quantitative estimate of drug-likeness (QED) is 0.545. The second kappa shape index (κ2) is 3.62. The van der Waals surface area contributed by atoms with Gasteiger partial charge in [-0.3, -0.25) is 4.90 Å². The van der Waals surface area contributed by atoms with Crippen LogP contribution in [0, 0.1) is 0 Å². The Bertz CT molecular complexity index is 292. The minimum atomic E-state index is 0.836. The lowest BCUT2D eigenvalue weighted by Crippen LogP contribution is -2.18. The van der Waals surface area contributed by atoms with Crippen molar-refractivity contribution in [3.63, 3.8) is 0 Å². The van der Waals surface area contributed by atoms with Crippen molar-refractivity contribution in [2.45, 2.75) is 6.54 Å². The molecule has 0 atom stereocenters. The molecule has 13 heavy (non-hydrogen) atoms. The van der Waals surface area contributed by atoms with Crippen LogP contribution in [0.3, 0.4) is 0 Å². The summed E-state index contributed by atoms with van der Waals surface area (Å²) in [4.78, 5) is 2.38. The van der Waals surface area contributed by atoms with Gasteiger partial charge in [0.25, 0.3) is 0 Å². The van der Waals surface area contributed by atoms with Crippen molar-refractivity contribution in [3.05, 3.63) is 42.0 Å². The van der Waals surface area contributed by atoms with Crippen LogP contribution in [0.2, 0.25) is 0 Å². The van der Waals surface area contributed by atoms with E-state index in [9.17, 15) is 0 Å². The second-order valence-electron chi connectivity index (χ2n) is 3.41. The molecule has 0 saturated heterocycles. The van der Waals surface area contributed by atoms with Gasteiger partial charge < -0.3 is 5.73 Å². The van der Waals surface area contributed by atoms with Gasteiger partial charge in [0.1, 0.15) is 0 Å². The van der Waals surface area contributed by atoms with Crippen LogP contribution < -0.4 is 5.73 Å². The third-order valence-electron chi connectivity index (χ3n) is 2.28. The fraction of sp³-hybridized carbons (Fsp3) is 0.273. The number of benzene rings is 1. The molecule has 2 nitrogen and oxygen atoms in total. The first-order chi connectivity index (χ1) is 6.34.